The van der Waals surface area contributed by atoms with E-state index in [1.807, 2.05) is 0 Å². The fourth-order valence-electron chi connectivity index (χ4n) is 2.27. The summed E-state index contributed by atoms with van der Waals surface area (Å²) in [4.78, 5) is 36.3. The van der Waals surface area contributed by atoms with Crippen molar-refractivity contribution in [3.8, 4) is 0 Å². The molecule has 0 aliphatic carbocycles. The number of alkyl halides is 3. The van der Waals surface area contributed by atoms with Crippen molar-refractivity contribution in [2.45, 2.75) is 6.18 Å². The van der Waals surface area contributed by atoms with Crippen molar-refractivity contribution in [3.05, 3.63) is 35.5 Å². The second kappa shape index (κ2) is 8.08. The molecule has 1 heterocycles. The summed E-state index contributed by atoms with van der Waals surface area (Å²) in [6.45, 7) is -0.285. The maximum absolute atomic E-state index is 12.3. The number of methoxy groups -OCH3 is 2. The Morgan fingerprint density at radius 3 is 2.19 bits per heavy atom. The van der Waals surface area contributed by atoms with Gasteiger partial charge in [-0.05, 0) is 24.3 Å². The van der Waals surface area contributed by atoms with Crippen molar-refractivity contribution in [1.82, 2.24) is 0 Å². The first kappa shape index (κ1) is 20.2. The van der Waals surface area contributed by atoms with Crippen molar-refractivity contribution in [2.75, 3.05) is 37.8 Å². The Labute approximate surface area is 151 Å². The topological polar surface area (TPSA) is 94.2 Å². The fraction of sp³-hybridized carbons (Fsp3) is 0.312. The summed E-state index contributed by atoms with van der Waals surface area (Å²) in [5, 5.41) is 1.70. The minimum Gasteiger partial charge on any atom is -0.466 e. The highest BCUT2D eigenvalue weighted by molar-refractivity contribution is 6.03. The van der Waals surface area contributed by atoms with Gasteiger partial charge >= 0.3 is 24.0 Å². The van der Waals surface area contributed by atoms with E-state index in [-0.39, 0.29) is 30.3 Å². The van der Waals surface area contributed by atoms with E-state index in [2.05, 4.69) is 4.74 Å². The largest absolute Gasteiger partial charge is 0.471 e. The van der Waals surface area contributed by atoms with E-state index in [9.17, 15) is 27.6 Å². The first-order chi connectivity index (χ1) is 12.7. The van der Waals surface area contributed by atoms with Crippen molar-refractivity contribution in [1.29, 1.82) is 0 Å². The van der Waals surface area contributed by atoms with Gasteiger partial charge in [0.05, 0.1) is 26.4 Å². The lowest BCUT2D eigenvalue weighted by atomic mass is 10.1. The Morgan fingerprint density at radius 1 is 1.07 bits per heavy atom. The van der Waals surface area contributed by atoms with Crippen LogP contribution in [0.3, 0.4) is 0 Å². The molecular formula is C16H15F3N2O6. The smallest absolute Gasteiger partial charge is 0.466 e. The number of nitrogens with zero attached hydrogens (tertiary/aromatic N) is 1. The minimum atomic E-state index is -5.02. The Balaban J connectivity index is 2.34. The summed E-state index contributed by atoms with van der Waals surface area (Å²) in [6.07, 6.45) is -5.02. The summed E-state index contributed by atoms with van der Waals surface area (Å²) >= 11 is 0. The molecule has 0 aromatic heterocycles. The highest BCUT2D eigenvalue weighted by atomic mass is 19.4. The summed E-state index contributed by atoms with van der Waals surface area (Å²) in [7, 11) is 2.27. The number of hydrogen-bond acceptors (Lipinski definition) is 7. The van der Waals surface area contributed by atoms with E-state index in [0.717, 1.165) is 14.2 Å². The molecule has 1 aliphatic heterocycles. The lowest BCUT2D eigenvalue weighted by molar-refractivity contribution is -0.167. The zero-order valence-corrected chi connectivity index (χ0v) is 14.3. The van der Waals surface area contributed by atoms with E-state index in [4.69, 9.17) is 9.47 Å². The quantitative estimate of drug-likeness (QED) is 0.783. The van der Waals surface area contributed by atoms with Gasteiger partial charge in [-0.15, -0.1) is 0 Å². The normalized spacial score (nSPS) is 14.6. The molecule has 1 aliphatic rings. The zero-order valence-electron chi connectivity index (χ0n) is 14.3. The molecule has 1 aromatic rings. The third kappa shape index (κ3) is 4.56. The van der Waals surface area contributed by atoms with Gasteiger partial charge in [-0.1, -0.05) is 0 Å². The van der Waals surface area contributed by atoms with Crippen molar-refractivity contribution in [3.63, 3.8) is 0 Å². The lowest BCUT2D eigenvalue weighted by Gasteiger charge is -2.31. The average molecular weight is 388 g/mol. The number of amides is 1. The number of ether oxygens (including phenoxy) is 3. The van der Waals surface area contributed by atoms with Crippen LogP contribution in [0, 0.1) is 0 Å². The van der Waals surface area contributed by atoms with Crippen LogP contribution < -0.4 is 10.2 Å². The number of rotatable bonds is 4. The molecule has 0 atom stereocenters. The number of nitrogens with one attached hydrogen (secondary N) is 1. The van der Waals surface area contributed by atoms with Crippen LogP contribution in [0.2, 0.25) is 0 Å². The number of carbonyl (C=O) groups is 3. The molecule has 1 aromatic carbocycles. The zero-order chi connectivity index (χ0) is 20.2. The van der Waals surface area contributed by atoms with Gasteiger partial charge in [-0.2, -0.15) is 13.2 Å². The summed E-state index contributed by atoms with van der Waals surface area (Å²) < 4.78 is 51.5. The highest BCUT2D eigenvalue weighted by Crippen LogP contribution is 2.28. The van der Waals surface area contributed by atoms with Gasteiger partial charge in [-0.25, -0.2) is 9.59 Å². The lowest BCUT2D eigenvalue weighted by Crippen LogP contribution is -2.38. The molecule has 0 fully saturated rings. The number of anilines is 2. The van der Waals surface area contributed by atoms with Gasteiger partial charge in [0.15, 0.2) is 0 Å². The molecule has 0 saturated heterocycles. The van der Waals surface area contributed by atoms with Crippen molar-refractivity contribution < 1.29 is 41.8 Å². The molecule has 0 saturated carbocycles. The van der Waals surface area contributed by atoms with Gasteiger partial charge in [0.2, 0.25) is 0 Å². The Hall–Kier alpha value is -3.08. The van der Waals surface area contributed by atoms with Gasteiger partial charge in [0.1, 0.15) is 12.4 Å². The van der Waals surface area contributed by atoms with Gasteiger partial charge in [0, 0.05) is 11.4 Å². The van der Waals surface area contributed by atoms with Gasteiger partial charge in [-0.3, -0.25) is 4.79 Å². The van der Waals surface area contributed by atoms with Gasteiger partial charge < -0.3 is 24.4 Å². The van der Waals surface area contributed by atoms with Crippen LogP contribution in [-0.2, 0) is 28.6 Å². The van der Waals surface area contributed by atoms with E-state index in [1.54, 1.807) is 5.32 Å². The molecule has 1 N–H and O–H groups in total. The van der Waals surface area contributed by atoms with Crippen LogP contribution in [0.5, 0.6) is 0 Å². The first-order valence-electron chi connectivity index (χ1n) is 7.42. The third-order valence-electron chi connectivity index (χ3n) is 3.53. The summed E-state index contributed by atoms with van der Waals surface area (Å²) in [5.74, 6) is -3.71. The SMILES string of the molecule is COC(=O)C1=C(C(=O)OC)N(c2ccc(NC(=O)C(F)(F)F)cc2)COC1. The second-order valence-electron chi connectivity index (χ2n) is 5.21. The second-order valence-corrected chi connectivity index (χ2v) is 5.21. The van der Waals surface area contributed by atoms with Crippen LogP contribution in [-0.4, -0.2) is 51.6 Å². The molecule has 0 unspecified atom stereocenters. The summed E-state index contributed by atoms with van der Waals surface area (Å²) in [6, 6.07) is 5.11. The predicted molar refractivity (Wildman–Crippen MR) is 85.5 cm³/mol. The molecule has 146 valence electrons. The Kier molecular flexibility index (Phi) is 6.05. The van der Waals surface area contributed by atoms with Crippen molar-refractivity contribution in [2.24, 2.45) is 0 Å². The van der Waals surface area contributed by atoms with Crippen LogP contribution in [0.4, 0.5) is 24.5 Å². The Morgan fingerprint density at radius 2 is 1.67 bits per heavy atom. The molecule has 2 rings (SSSR count). The maximum atomic E-state index is 12.3. The number of halogens is 3. The van der Waals surface area contributed by atoms with Crippen molar-refractivity contribution >= 4 is 29.2 Å². The first-order valence-corrected chi connectivity index (χ1v) is 7.42. The standard InChI is InChI=1S/C16H15F3N2O6/c1-25-13(22)11-7-27-8-21(12(11)14(23)26-2)10-5-3-9(4-6-10)20-15(24)16(17,18)19/h3-6H,7-8H2,1-2H3,(H,20,24). The Bertz CT molecular complexity index is 773. The number of carbonyl (C=O) groups excluding carboxylic acids is 3. The molecule has 8 nitrogen and oxygen atoms in total. The van der Waals surface area contributed by atoms with Crippen LogP contribution >= 0.6 is 0 Å². The minimum absolute atomic E-state index is 0.0648. The summed E-state index contributed by atoms with van der Waals surface area (Å²) in [5.41, 5.74) is 0.0463. The van der Waals surface area contributed by atoms with E-state index >= 15 is 0 Å². The number of hydrogen-bond donors (Lipinski definition) is 1. The third-order valence-corrected chi connectivity index (χ3v) is 3.53. The number of benzene rings is 1. The highest BCUT2D eigenvalue weighted by Gasteiger charge is 2.38. The van der Waals surface area contributed by atoms with E-state index in [1.165, 1.54) is 29.2 Å². The van der Waals surface area contributed by atoms with Crippen LogP contribution in [0.1, 0.15) is 0 Å². The molecule has 0 bridgehead atoms. The predicted octanol–water partition coefficient (Wildman–Crippen LogP) is 1.58. The van der Waals surface area contributed by atoms with Crippen LogP contribution in [0.15, 0.2) is 35.5 Å². The van der Waals surface area contributed by atoms with E-state index in [0.29, 0.717) is 5.69 Å². The average Bonchev–Trinajstić information content (AvgIpc) is 2.66. The van der Waals surface area contributed by atoms with Crippen LogP contribution in [0.25, 0.3) is 0 Å². The fourth-order valence-corrected chi connectivity index (χ4v) is 2.27. The molecule has 0 radical (unpaired) electrons. The van der Waals surface area contributed by atoms with Gasteiger partial charge in [0.25, 0.3) is 0 Å². The monoisotopic (exact) mass is 388 g/mol. The van der Waals surface area contributed by atoms with E-state index < -0.39 is 24.0 Å². The molecular weight excluding hydrogens is 373 g/mol. The molecule has 27 heavy (non-hydrogen) atoms. The molecule has 1 amide bonds. The number of esters is 2. The maximum Gasteiger partial charge on any atom is 0.471 e. The molecule has 0 spiro atoms. The molecule has 11 heteroatoms.